The molecular formula is C16H18F3NO2. The Kier molecular flexibility index (Phi) is 3.57. The van der Waals surface area contributed by atoms with E-state index in [2.05, 4.69) is 0 Å². The molecule has 3 nitrogen and oxygen atoms in total. The summed E-state index contributed by atoms with van der Waals surface area (Å²) in [5.74, 6) is -0.327. The molecule has 2 fully saturated rings. The molecule has 2 aliphatic rings. The number of phenols is 1. The lowest BCUT2D eigenvalue weighted by atomic mass is 9.88. The summed E-state index contributed by atoms with van der Waals surface area (Å²) in [6.07, 6.45) is -3.27. The third-order valence-electron chi connectivity index (χ3n) is 4.85. The molecule has 6 heteroatoms. The van der Waals surface area contributed by atoms with E-state index in [0.717, 1.165) is 5.56 Å². The van der Waals surface area contributed by atoms with Crippen LogP contribution in [0.4, 0.5) is 13.2 Å². The number of rotatable bonds is 2. The number of likely N-dealkylation sites (tertiary alicyclic amines) is 1. The molecule has 0 bridgehead atoms. The Bertz CT molecular complexity index is 556. The minimum atomic E-state index is -4.43. The van der Waals surface area contributed by atoms with E-state index in [0.29, 0.717) is 25.9 Å². The Morgan fingerprint density at radius 1 is 1.14 bits per heavy atom. The molecular weight excluding hydrogens is 295 g/mol. The fourth-order valence-electron chi connectivity index (χ4n) is 3.21. The maximum atomic E-state index is 13.0. The lowest BCUT2D eigenvalue weighted by Crippen LogP contribution is -2.47. The number of piperidine rings is 1. The van der Waals surface area contributed by atoms with Gasteiger partial charge in [-0.2, -0.15) is 13.2 Å². The van der Waals surface area contributed by atoms with E-state index >= 15 is 0 Å². The number of nitrogens with zero attached hydrogens (tertiary/aromatic N) is 1. The van der Waals surface area contributed by atoms with Gasteiger partial charge < -0.3 is 10.0 Å². The van der Waals surface area contributed by atoms with Gasteiger partial charge in [-0.3, -0.25) is 4.79 Å². The molecule has 1 aliphatic carbocycles. The number of aromatic hydroxyl groups is 1. The Morgan fingerprint density at radius 3 is 2.14 bits per heavy atom. The first-order valence-electron chi connectivity index (χ1n) is 7.48. The minimum absolute atomic E-state index is 0.0762. The second kappa shape index (κ2) is 5.18. The zero-order valence-corrected chi connectivity index (χ0v) is 12.1. The molecule has 0 unspecified atom stereocenters. The normalized spacial score (nSPS) is 21.7. The van der Waals surface area contributed by atoms with Gasteiger partial charge >= 0.3 is 6.18 Å². The molecule has 0 aromatic heterocycles. The van der Waals surface area contributed by atoms with Crippen molar-refractivity contribution in [2.45, 2.75) is 37.8 Å². The van der Waals surface area contributed by atoms with Crippen LogP contribution in [-0.2, 0) is 4.79 Å². The standard InChI is InChI=1S/C16H18F3NO2/c17-16(18,19)15(7-8-15)14(22)20-9-5-12(6-10-20)11-1-3-13(21)4-2-11/h1-4,12,21H,5-10H2. The molecule has 0 spiro atoms. The largest absolute Gasteiger partial charge is 0.508 e. The van der Waals surface area contributed by atoms with Crippen molar-refractivity contribution >= 4 is 5.91 Å². The van der Waals surface area contributed by atoms with Gasteiger partial charge in [0.2, 0.25) is 5.91 Å². The molecule has 22 heavy (non-hydrogen) atoms. The highest BCUT2D eigenvalue weighted by molar-refractivity contribution is 5.86. The summed E-state index contributed by atoms with van der Waals surface area (Å²) in [6, 6.07) is 6.87. The van der Waals surface area contributed by atoms with Crippen molar-refractivity contribution in [3.8, 4) is 5.75 Å². The third kappa shape index (κ3) is 2.55. The maximum Gasteiger partial charge on any atom is 0.403 e. The SMILES string of the molecule is O=C(N1CCC(c2ccc(O)cc2)CC1)C1(C(F)(F)F)CC1. The van der Waals surface area contributed by atoms with Gasteiger partial charge in [0.25, 0.3) is 0 Å². The second-order valence-corrected chi connectivity index (χ2v) is 6.24. The molecule has 0 atom stereocenters. The van der Waals surface area contributed by atoms with Crippen LogP contribution in [0, 0.1) is 5.41 Å². The fraction of sp³-hybridized carbons (Fsp3) is 0.562. The molecule has 1 aliphatic heterocycles. The van der Waals surface area contributed by atoms with Crippen molar-refractivity contribution in [2.75, 3.05) is 13.1 Å². The van der Waals surface area contributed by atoms with Crippen LogP contribution in [0.3, 0.4) is 0 Å². The van der Waals surface area contributed by atoms with Gasteiger partial charge in [-0.1, -0.05) is 12.1 Å². The molecule has 1 heterocycles. The van der Waals surface area contributed by atoms with E-state index in [9.17, 15) is 23.1 Å². The van der Waals surface area contributed by atoms with E-state index < -0.39 is 17.5 Å². The van der Waals surface area contributed by atoms with Crippen molar-refractivity contribution in [2.24, 2.45) is 5.41 Å². The lowest BCUT2D eigenvalue weighted by Gasteiger charge is -2.35. The quantitative estimate of drug-likeness (QED) is 0.908. The molecule has 3 rings (SSSR count). The zero-order chi connectivity index (χ0) is 16.0. The molecule has 120 valence electrons. The summed E-state index contributed by atoms with van der Waals surface area (Å²) in [7, 11) is 0. The van der Waals surface area contributed by atoms with E-state index in [1.165, 1.54) is 4.90 Å². The lowest BCUT2D eigenvalue weighted by molar-refractivity contribution is -0.199. The summed E-state index contributed by atoms with van der Waals surface area (Å²) in [4.78, 5) is 13.6. The number of carbonyl (C=O) groups excluding carboxylic acids is 1. The number of carbonyl (C=O) groups is 1. The van der Waals surface area contributed by atoms with Gasteiger partial charge in [-0.05, 0) is 49.3 Å². The highest BCUT2D eigenvalue weighted by Gasteiger charge is 2.69. The number of hydrogen-bond acceptors (Lipinski definition) is 2. The third-order valence-corrected chi connectivity index (χ3v) is 4.85. The number of alkyl halides is 3. The van der Waals surface area contributed by atoms with Crippen molar-refractivity contribution < 1.29 is 23.1 Å². The first-order valence-corrected chi connectivity index (χ1v) is 7.48. The van der Waals surface area contributed by atoms with Crippen LogP contribution < -0.4 is 0 Å². The summed E-state index contributed by atoms with van der Waals surface area (Å²) in [5.41, 5.74) is -1.04. The Hall–Kier alpha value is -1.72. The van der Waals surface area contributed by atoms with Gasteiger partial charge in [0.15, 0.2) is 0 Å². The minimum Gasteiger partial charge on any atom is -0.508 e. The van der Waals surface area contributed by atoms with Crippen LogP contribution in [0.1, 0.15) is 37.2 Å². The van der Waals surface area contributed by atoms with Gasteiger partial charge in [-0.15, -0.1) is 0 Å². The predicted molar refractivity (Wildman–Crippen MR) is 74.4 cm³/mol. The van der Waals surface area contributed by atoms with E-state index in [1.807, 2.05) is 12.1 Å². The van der Waals surface area contributed by atoms with Gasteiger partial charge in [0.1, 0.15) is 11.2 Å². The van der Waals surface area contributed by atoms with Gasteiger partial charge in [0, 0.05) is 13.1 Å². The van der Waals surface area contributed by atoms with Crippen LogP contribution in [-0.4, -0.2) is 35.2 Å². The fourth-order valence-corrected chi connectivity index (χ4v) is 3.21. The monoisotopic (exact) mass is 313 g/mol. The Morgan fingerprint density at radius 2 is 1.68 bits per heavy atom. The Labute approximate surface area is 126 Å². The molecule has 1 saturated heterocycles. The van der Waals surface area contributed by atoms with Crippen LogP contribution in [0.2, 0.25) is 0 Å². The zero-order valence-electron chi connectivity index (χ0n) is 12.1. The topological polar surface area (TPSA) is 40.5 Å². The molecule has 1 aromatic rings. The van der Waals surface area contributed by atoms with Crippen molar-refractivity contribution in [1.29, 1.82) is 0 Å². The summed E-state index contributed by atoms with van der Waals surface area (Å²) >= 11 is 0. The van der Waals surface area contributed by atoms with Crippen LogP contribution in [0.5, 0.6) is 5.75 Å². The van der Waals surface area contributed by atoms with Crippen molar-refractivity contribution in [3.05, 3.63) is 29.8 Å². The second-order valence-electron chi connectivity index (χ2n) is 6.24. The van der Waals surface area contributed by atoms with E-state index in [1.54, 1.807) is 12.1 Å². The van der Waals surface area contributed by atoms with Crippen LogP contribution >= 0.6 is 0 Å². The summed E-state index contributed by atoms with van der Waals surface area (Å²) in [5, 5.41) is 9.28. The smallest absolute Gasteiger partial charge is 0.403 e. The first kappa shape index (κ1) is 15.2. The van der Waals surface area contributed by atoms with Crippen molar-refractivity contribution in [1.82, 2.24) is 4.90 Å². The molecule has 0 radical (unpaired) electrons. The van der Waals surface area contributed by atoms with Crippen molar-refractivity contribution in [3.63, 3.8) is 0 Å². The average molecular weight is 313 g/mol. The van der Waals surface area contributed by atoms with Gasteiger partial charge in [-0.25, -0.2) is 0 Å². The number of phenolic OH excluding ortho intramolecular Hbond substituents is 1. The number of amides is 1. The van der Waals surface area contributed by atoms with Crippen LogP contribution in [0.25, 0.3) is 0 Å². The molecule has 1 N–H and O–H groups in total. The molecule has 1 saturated carbocycles. The highest BCUT2D eigenvalue weighted by Crippen LogP contribution is 2.58. The summed E-state index contributed by atoms with van der Waals surface area (Å²) in [6.45, 7) is 0.727. The number of benzene rings is 1. The number of hydrogen-bond donors (Lipinski definition) is 1. The predicted octanol–water partition coefficient (Wildman–Crippen LogP) is 3.44. The maximum absolute atomic E-state index is 13.0. The van der Waals surface area contributed by atoms with Crippen LogP contribution in [0.15, 0.2) is 24.3 Å². The van der Waals surface area contributed by atoms with Gasteiger partial charge in [0.05, 0.1) is 0 Å². The highest BCUT2D eigenvalue weighted by atomic mass is 19.4. The molecule has 1 amide bonds. The summed E-state index contributed by atoms with van der Waals surface area (Å²) < 4.78 is 39.0. The van der Waals surface area contributed by atoms with E-state index in [4.69, 9.17) is 0 Å². The first-order chi connectivity index (χ1) is 10.3. The number of halogens is 3. The van der Waals surface area contributed by atoms with E-state index in [-0.39, 0.29) is 24.5 Å². The average Bonchev–Trinajstić information content (AvgIpc) is 3.29. The Balaban J connectivity index is 1.63. The molecule has 1 aromatic carbocycles.